The van der Waals surface area contributed by atoms with Crippen molar-refractivity contribution in [2.75, 3.05) is 13.1 Å². The van der Waals surface area contributed by atoms with E-state index < -0.39 is 0 Å². The van der Waals surface area contributed by atoms with Gasteiger partial charge in [-0.1, -0.05) is 24.6 Å². The fraction of sp³-hybridized carbons (Fsp3) is 0.538. The lowest BCUT2D eigenvalue weighted by Gasteiger charge is -2.23. The van der Waals surface area contributed by atoms with Crippen LogP contribution in [-0.2, 0) is 6.42 Å². The summed E-state index contributed by atoms with van der Waals surface area (Å²) in [5.74, 6) is 0.284. The van der Waals surface area contributed by atoms with Gasteiger partial charge in [0, 0.05) is 0 Å². The molecule has 2 rings (SSSR count). The average molecular weight is 242 g/mol. The Balaban J connectivity index is 2.29. The van der Waals surface area contributed by atoms with E-state index in [2.05, 4.69) is 5.32 Å². The van der Waals surface area contributed by atoms with Crippen LogP contribution in [0.15, 0.2) is 12.1 Å². The Labute approximate surface area is 101 Å². The second kappa shape index (κ2) is 5.15. The quantitative estimate of drug-likeness (QED) is 0.836. The number of benzene rings is 1. The van der Waals surface area contributed by atoms with Gasteiger partial charge in [0.1, 0.15) is 5.82 Å². The molecule has 1 aromatic rings. The third-order valence-corrected chi connectivity index (χ3v) is 3.59. The lowest BCUT2D eigenvalue weighted by molar-refractivity contribution is 0.459. The summed E-state index contributed by atoms with van der Waals surface area (Å²) < 4.78 is 13.6. The van der Waals surface area contributed by atoms with Gasteiger partial charge in [0.2, 0.25) is 0 Å². The molecule has 0 spiro atoms. The highest BCUT2D eigenvalue weighted by Gasteiger charge is 2.17. The zero-order valence-corrected chi connectivity index (χ0v) is 10.3. The number of hydrogen-bond acceptors (Lipinski definition) is 1. The van der Waals surface area contributed by atoms with Crippen molar-refractivity contribution in [3.8, 4) is 0 Å². The molecule has 1 N–H and O–H groups in total. The van der Waals surface area contributed by atoms with Crippen molar-refractivity contribution < 1.29 is 4.39 Å². The number of rotatable bonds is 2. The number of piperidine rings is 1. The second-order valence-corrected chi connectivity index (χ2v) is 4.76. The van der Waals surface area contributed by atoms with Crippen molar-refractivity contribution in [2.24, 2.45) is 0 Å². The molecule has 16 heavy (non-hydrogen) atoms. The molecular formula is C13H17ClFN. The summed E-state index contributed by atoms with van der Waals surface area (Å²) in [6, 6.07) is 3.78. The van der Waals surface area contributed by atoms with Crippen LogP contribution in [0.4, 0.5) is 4.39 Å². The Hall–Kier alpha value is -0.600. The van der Waals surface area contributed by atoms with E-state index in [1.54, 1.807) is 6.07 Å². The van der Waals surface area contributed by atoms with E-state index in [9.17, 15) is 4.39 Å². The maximum atomic E-state index is 13.6. The molecule has 0 radical (unpaired) electrons. The first-order valence-corrected chi connectivity index (χ1v) is 6.28. The molecule has 0 bridgehead atoms. The number of aryl methyl sites for hydroxylation is 1. The Morgan fingerprint density at radius 2 is 2.06 bits per heavy atom. The molecule has 1 fully saturated rings. The fourth-order valence-electron chi connectivity index (χ4n) is 2.32. The van der Waals surface area contributed by atoms with Crippen molar-refractivity contribution >= 4 is 11.6 Å². The summed E-state index contributed by atoms with van der Waals surface area (Å²) in [6.07, 6.45) is 2.93. The summed E-state index contributed by atoms with van der Waals surface area (Å²) in [7, 11) is 0. The highest BCUT2D eigenvalue weighted by Crippen LogP contribution is 2.30. The lowest BCUT2D eigenvalue weighted by atomic mass is 9.89. The molecule has 0 unspecified atom stereocenters. The summed E-state index contributed by atoms with van der Waals surface area (Å²) in [5, 5.41) is 3.60. The van der Waals surface area contributed by atoms with Crippen LogP contribution >= 0.6 is 11.6 Å². The topological polar surface area (TPSA) is 12.0 Å². The highest BCUT2D eigenvalue weighted by molar-refractivity contribution is 6.30. The highest BCUT2D eigenvalue weighted by atomic mass is 35.5. The van der Waals surface area contributed by atoms with Crippen LogP contribution in [0, 0.1) is 5.82 Å². The fourth-order valence-corrected chi connectivity index (χ4v) is 2.56. The van der Waals surface area contributed by atoms with Crippen molar-refractivity contribution in [1.29, 1.82) is 0 Å². The molecule has 0 saturated carbocycles. The third-order valence-electron chi connectivity index (χ3n) is 3.32. The summed E-state index contributed by atoms with van der Waals surface area (Å²) >= 11 is 5.93. The van der Waals surface area contributed by atoms with Crippen LogP contribution in [-0.4, -0.2) is 13.1 Å². The molecule has 3 heteroatoms. The monoisotopic (exact) mass is 241 g/mol. The molecule has 1 aliphatic rings. The van der Waals surface area contributed by atoms with Gasteiger partial charge in [0.25, 0.3) is 0 Å². The van der Waals surface area contributed by atoms with Gasteiger partial charge >= 0.3 is 0 Å². The average Bonchev–Trinajstić information content (AvgIpc) is 2.33. The van der Waals surface area contributed by atoms with E-state index in [1.807, 2.05) is 13.0 Å². The zero-order valence-electron chi connectivity index (χ0n) is 9.52. The van der Waals surface area contributed by atoms with Crippen LogP contribution in [0.3, 0.4) is 0 Å². The largest absolute Gasteiger partial charge is 0.317 e. The predicted octanol–water partition coefficient (Wildman–Crippen LogP) is 3.51. The minimum Gasteiger partial charge on any atom is -0.317 e. The molecule has 88 valence electrons. The molecule has 1 heterocycles. The smallest absolute Gasteiger partial charge is 0.144 e. The summed E-state index contributed by atoms with van der Waals surface area (Å²) in [4.78, 5) is 0. The van der Waals surface area contributed by atoms with Crippen molar-refractivity contribution in [2.45, 2.75) is 32.1 Å². The van der Waals surface area contributed by atoms with Gasteiger partial charge in [-0.3, -0.25) is 0 Å². The molecular weight excluding hydrogens is 225 g/mol. The van der Waals surface area contributed by atoms with E-state index in [4.69, 9.17) is 11.6 Å². The summed E-state index contributed by atoms with van der Waals surface area (Å²) in [6.45, 7) is 4.04. The van der Waals surface area contributed by atoms with Gasteiger partial charge in [-0.25, -0.2) is 4.39 Å². The first-order valence-electron chi connectivity index (χ1n) is 5.91. The Morgan fingerprint density at radius 3 is 2.69 bits per heavy atom. The van der Waals surface area contributed by atoms with Crippen LogP contribution in [0.1, 0.15) is 36.8 Å². The van der Waals surface area contributed by atoms with Gasteiger partial charge in [-0.15, -0.1) is 0 Å². The lowest BCUT2D eigenvalue weighted by Crippen LogP contribution is -2.26. The molecule has 0 atom stereocenters. The number of nitrogens with one attached hydrogen (secondary N) is 1. The predicted molar refractivity (Wildman–Crippen MR) is 65.6 cm³/mol. The van der Waals surface area contributed by atoms with Gasteiger partial charge in [-0.05, 0) is 55.5 Å². The summed E-state index contributed by atoms with van der Waals surface area (Å²) in [5.41, 5.74) is 1.94. The standard InChI is InChI=1S/C13H17ClFN/c1-2-9-7-11(8-12(14)13(9)15)10-3-5-16-6-4-10/h7-8,10,16H,2-6H2,1H3. The normalized spacial score (nSPS) is 17.7. The third kappa shape index (κ3) is 2.38. The molecule has 0 amide bonds. The number of hydrogen-bond donors (Lipinski definition) is 1. The van der Waals surface area contributed by atoms with Crippen LogP contribution in [0.25, 0.3) is 0 Å². The van der Waals surface area contributed by atoms with Gasteiger partial charge in [-0.2, -0.15) is 0 Å². The van der Waals surface area contributed by atoms with E-state index in [0.29, 0.717) is 12.3 Å². The Kier molecular flexibility index (Phi) is 3.82. The number of halogens is 2. The van der Waals surface area contributed by atoms with Crippen molar-refractivity contribution in [3.05, 3.63) is 34.1 Å². The molecule has 0 aliphatic carbocycles. The molecule has 1 nitrogen and oxygen atoms in total. The van der Waals surface area contributed by atoms with Crippen LogP contribution < -0.4 is 5.32 Å². The Bertz CT molecular complexity index is 372. The van der Waals surface area contributed by atoms with Crippen molar-refractivity contribution in [3.63, 3.8) is 0 Å². The molecule has 1 aliphatic heterocycles. The SMILES string of the molecule is CCc1cc(C2CCNCC2)cc(Cl)c1F. The Morgan fingerprint density at radius 1 is 1.38 bits per heavy atom. The van der Waals surface area contributed by atoms with Crippen LogP contribution in [0.5, 0.6) is 0 Å². The van der Waals surface area contributed by atoms with E-state index >= 15 is 0 Å². The second-order valence-electron chi connectivity index (χ2n) is 4.35. The van der Waals surface area contributed by atoms with Crippen LogP contribution in [0.2, 0.25) is 5.02 Å². The maximum absolute atomic E-state index is 13.6. The van der Waals surface area contributed by atoms with Crippen molar-refractivity contribution in [1.82, 2.24) is 5.32 Å². The molecule has 0 aromatic heterocycles. The zero-order chi connectivity index (χ0) is 11.5. The van der Waals surface area contributed by atoms with Gasteiger partial charge in [0.15, 0.2) is 0 Å². The molecule has 1 aromatic carbocycles. The minimum absolute atomic E-state index is 0.248. The van der Waals surface area contributed by atoms with Gasteiger partial charge in [0.05, 0.1) is 5.02 Å². The minimum atomic E-state index is -0.248. The van der Waals surface area contributed by atoms with Gasteiger partial charge < -0.3 is 5.32 Å². The van der Waals surface area contributed by atoms with E-state index in [0.717, 1.165) is 31.5 Å². The van der Waals surface area contributed by atoms with E-state index in [-0.39, 0.29) is 10.8 Å². The van der Waals surface area contributed by atoms with E-state index in [1.165, 1.54) is 5.56 Å². The maximum Gasteiger partial charge on any atom is 0.144 e. The first-order chi connectivity index (χ1) is 7.72. The molecule has 1 saturated heterocycles. The first kappa shape index (κ1) is 11.9.